The predicted molar refractivity (Wildman–Crippen MR) is 106 cm³/mol. The summed E-state index contributed by atoms with van der Waals surface area (Å²) in [6, 6.07) is 19.2. The zero-order chi connectivity index (χ0) is 19.1. The maximum Gasteiger partial charge on any atom is 0.358 e. The molecular formula is C21H18N2O3S. The lowest BCUT2D eigenvalue weighted by Gasteiger charge is -2.01. The van der Waals surface area contributed by atoms with Crippen LogP contribution in [0.3, 0.4) is 0 Å². The SMILES string of the molecule is COC(=O)c1nc(-c2ccccc2)sc1/C=C/C(=O)NCc1ccccc1. The molecule has 0 unspecified atom stereocenters. The number of benzene rings is 2. The molecule has 1 N–H and O–H groups in total. The van der Waals surface area contributed by atoms with Crippen molar-refractivity contribution >= 4 is 29.3 Å². The van der Waals surface area contributed by atoms with E-state index in [1.54, 1.807) is 6.08 Å². The molecule has 1 amide bonds. The minimum absolute atomic E-state index is 0.202. The molecule has 27 heavy (non-hydrogen) atoms. The molecule has 5 nitrogen and oxygen atoms in total. The Morgan fingerprint density at radius 3 is 2.41 bits per heavy atom. The minimum atomic E-state index is -0.530. The van der Waals surface area contributed by atoms with Gasteiger partial charge in [-0.15, -0.1) is 11.3 Å². The zero-order valence-corrected chi connectivity index (χ0v) is 15.5. The monoisotopic (exact) mass is 378 g/mol. The molecule has 0 fully saturated rings. The molecule has 1 heterocycles. The van der Waals surface area contributed by atoms with E-state index in [-0.39, 0.29) is 11.6 Å². The molecule has 0 saturated carbocycles. The second-order valence-electron chi connectivity index (χ2n) is 5.63. The Kier molecular flexibility index (Phi) is 6.12. The van der Waals surface area contributed by atoms with E-state index in [9.17, 15) is 9.59 Å². The topological polar surface area (TPSA) is 68.3 Å². The number of esters is 1. The number of hydrogen-bond acceptors (Lipinski definition) is 5. The Balaban J connectivity index is 1.76. The van der Waals surface area contributed by atoms with Crippen molar-refractivity contribution in [2.75, 3.05) is 7.11 Å². The lowest BCUT2D eigenvalue weighted by Crippen LogP contribution is -2.20. The van der Waals surface area contributed by atoms with Gasteiger partial charge < -0.3 is 10.1 Å². The zero-order valence-electron chi connectivity index (χ0n) is 14.7. The van der Waals surface area contributed by atoms with Crippen molar-refractivity contribution < 1.29 is 14.3 Å². The Morgan fingerprint density at radius 2 is 1.74 bits per heavy atom. The number of nitrogens with zero attached hydrogens (tertiary/aromatic N) is 1. The van der Waals surface area contributed by atoms with Crippen molar-refractivity contribution in [1.29, 1.82) is 0 Å². The molecule has 6 heteroatoms. The number of thiazole rings is 1. The summed E-state index contributed by atoms with van der Waals surface area (Å²) in [7, 11) is 1.31. The molecular weight excluding hydrogens is 360 g/mol. The number of ether oxygens (including phenoxy) is 1. The Hall–Kier alpha value is -3.25. The van der Waals surface area contributed by atoms with Crippen LogP contribution in [-0.2, 0) is 16.1 Å². The third kappa shape index (κ3) is 4.89. The van der Waals surface area contributed by atoms with Crippen molar-refractivity contribution in [3.63, 3.8) is 0 Å². The van der Waals surface area contributed by atoms with E-state index in [0.717, 1.165) is 11.1 Å². The van der Waals surface area contributed by atoms with Gasteiger partial charge in [-0.25, -0.2) is 9.78 Å². The summed E-state index contributed by atoms with van der Waals surface area (Å²) in [5.74, 6) is -0.776. The van der Waals surface area contributed by atoms with Gasteiger partial charge in [0, 0.05) is 18.2 Å². The average Bonchev–Trinajstić information content (AvgIpc) is 3.16. The smallest absolute Gasteiger partial charge is 0.358 e. The number of carbonyl (C=O) groups excluding carboxylic acids is 2. The highest BCUT2D eigenvalue weighted by Gasteiger charge is 2.18. The van der Waals surface area contributed by atoms with Gasteiger partial charge in [0.1, 0.15) is 5.01 Å². The van der Waals surface area contributed by atoms with E-state index in [2.05, 4.69) is 10.3 Å². The second kappa shape index (κ2) is 8.91. The molecule has 0 spiro atoms. The fourth-order valence-electron chi connectivity index (χ4n) is 2.39. The second-order valence-corrected chi connectivity index (χ2v) is 6.66. The summed E-state index contributed by atoms with van der Waals surface area (Å²) in [6.45, 7) is 0.436. The number of aromatic nitrogens is 1. The number of methoxy groups -OCH3 is 1. The predicted octanol–water partition coefficient (Wildman–Crippen LogP) is 3.93. The van der Waals surface area contributed by atoms with Crippen molar-refractivity contribution in [2.24, 2.45) is 0 Å². The quantitative estimate of drug-likeness (QED) is 0.521. The Morgan fingerprint density at radius 1 is 1.07 bits per heavy atom. The van der Waals surface area contributed by atoms with Gasteiger partial charge in [0.15, 0.2) is 5.69 Å². The van der Waals surface area contributed by atoms with E-state index < -0.39 is 5.97 Å². The highest BCUT2D eigenvalue weighted by Crippen LogP contribution is 2.29. The van der Waals surface area contributed by atoms with Gasteiger partial charge >= 0.3 is 5.97 Å². The molecule has 1 aromatic heterocycles. The van der Waals surface area contributed by atoms with Crippen LogP contribution in [0.4, 0.5) is 0 Å². The summed E-state index contributed by atoms with van der Waals surface area (Å²) >= 11 is 1.33. The Bertz CT molecular complexity index is 950. The minimum Gasteiger partial charge on any atom is -0.464 e. The first kappa shape index (κ1) is 18.5. The van der Waals surface area contributed by atoms with E-state index in [0.29, 0.717) is 16.4 Å². The molecule has 3 aromatic rings. The molecule has 0 aliphatic heterocycles. The van der Waals surface area contributed by atoms with Crippen LogP contribution in [0.1, 0.15) is 20.9 Å². The van der Waals surface area contributed by atoms with Gasteiger partial charge in [0.25, 0.3) is 0 Å². The van der Waals surface area contributed by atoms with Gasteiger partial charge in [0.2, 0.25) is 5.91 Å². The molecule has 0 bridgehead atoms. The summed E-state index contributed by atoms with van der Waals surface area (Å²) in [6.07, 6.45) is 2.99. The van der Waals surface area contributed by atoms with E-state index in [1.807, 2.05) is 60.7 Å². The van der Waals surface area contributed by atoms with Gasteiger partial charge in [-0.3, -0.25) is 4.79 Å². The number of rotatable bonds is 6. The lowest BCUT2D eigenvalue weighted by atomic mass is 10.2. The van der Waals surface area contributed by atoms with Crippen molar-refractivity contribution in [2.45, 2.75) is 6.54 Å². The Labute approximate surface area is 161 Å². The van der Waals surface area contributed by atoms with Gasteiger partial charge in [-0.05, 0) is 11.6 Å². The van der Waals surface area contributed by atoms with Crippen LogP contribution in [-0.4, -0.2) is 24.0 Å². The first-order chi connectivity index (χ1) is 13.2. The van der Waals surface area contributed by atoms with Crippen LogP contribution >= 0.6 is 11.3 Å². The normalized spacial score (nSPS) is 10.7. The third-order valence-corrected chi connectivity index (χ3v) is 4.82. The first-order valence-corrected chi connectivity index (χ1v) is 9.13. The van der Waals surface area contributed by atoms with Crippen LogP contribution in [0.5, 0.6) is 0 Å². The van der Waals surface area contributed by atoms with Crippen LogP contribution in [0.25, 0.3) is 16.6 Å². The number of nitrogens with one attached hydrogen (secondary N) is 1. The number of carbonyl (C=O) groups is 2. The molecule has 3 rings (SSSR count). The number of amides is 1. The molecule has 0 radical (unpaired) electrons. The first-order valence-electron chi connectivity index (χ1n) is 8.32. The fraction of sp³-hybridized carbons (Fsp3) is 0.0952. The van der Waals surface area contributed by atoms with Gasteiger partial charge in [0.05, 0.1) is 12.0 Å². The van der Waals surface area contributed by atoms with Crippen molar-refractivity contribution in [3.8, 4) is 10.6 Å². The molecule has 0 aliphatic carbocycles. The molecule has 0 saturated heterocycles. The lowest BCUT2D eigenvalue weighted by molar-refractivity contribution is -0.116. The molecule has 0 atom stereocenters. The maximum absolute atomic E-state index is 12.1. The van der Waals surface area contributed by atoms with Crippen LogP contribution < -0.4 is 5.32 Å². The van der Waals surface area contributed by atoms with Crippen LogP contribution in [0, 0.1) is 0 Å². The van der Waals surface area contributed by atoms with Crippen LogP contribution in [0.15, 0.2) is 66.7 Å². The van der Waals surface area contributed by atoms with Crippen LogP contribution in [0.2, 0.25) is 0 Å². The summed E-state index contributed by atoms with van der Waals surface area (Å²) in [5.41, 5.74) is 2.12. The molecule has 2 aromatic carbocycles. The van der Waals surface area contributed by atoms with Gasteiger partial charge in [-0.1, -0.05) is 60.7 Å². The maximum atomic E-state index is 12.1. The highest BCUT2D eigenvalue weighted by atomic mass is 32.1. The van der Waals surface area contributed by atoms with Crippen molar-refractivity contribution in [1.82, 2.24) is 10.3 Å². The summed E-state index contributed by atoms with van der Waals surface area (Å²) in [4.78, 5) is 29.1. The molecule has 0 aliphatic rings. The standard InChI is InChI=1S/C21H18N2O3S/c1-26-21(25)19-17(27-20(23-19)16-10-6-3-7-11-16)12-13-18(24)22-14-15-8-4-2-5-9-15/h2-13H,14H2,1H3,(H,22,24)/b13-12+. The highest BCUT2D eigenvalue weighted by molar-refractivity contribution is 7.16. The van der Waals surface area contributed by atoms with Gasteiger partial charge in [-0.2, -0.15) is 0 Å². The molecule has 136 valence electrons. The summed E-state index contributed by atoms with van der Waals surface area (Å²) < 4.78 is 4.81. The number of hydrogen-bond donors (Lipinski definition) is 1. The summed E-state index contributed by atoms with van der Waals surface area (Å²) in [5, 5.41) is 3.51. The largest absolute Gasteiger partial charge is 0.464 e. The fourth-order valence-corrected chi connectivity index (χ4v) is 3.35. The van der Waals surface area contributed by atoms with E-state index >= 15 is 0 Å². The third-order valence-electron chi connectivity index (χ3n) is 3.75. The van der Waals surface area contributed by atoms with E-state index in [4.69, 9.17) is 4.74 Å². The van der Waals surface area contributed by atoms with Crippen molar-refractivity contribution in [3.05, 3.63) is 82.9 Å². The van der Waals surface area contributed by atoms with E-state index in [1.165, 1.54) is 24.5 Å². The average molecular weight is 378 g/mol.